The first-order chi connectivity index (χ1) is 8.91. The van der Waals surface area contributed by atoms with Crippen molar-refractivity contribution in [2.24, 2.45) is 0 Å². The topological polar surface area (TPSA) is 76.5 Å². The van der Waals surface area contributed by atoms with Gasteiger partial charge in [-0.1, -0.05) is 11.6 Å². The van der Waals surface area contributed by atoms with Gasteiger partial charge in [-0.2, -0.15) is 0 Å². The molecule has 0 aliphatic heterocycles. The number of rotatable bonds is 3. The average Bonchev–Trinajstić information content (AvgIpc) is 2.71. The lowest BCUT2D eigenvalue weighted by molar-refractivity contribution is 0.533. The second-order valence-electron chi connectivity index (χ2n) is 4.42. The fourth-order valence-electron chi connectivity index (χ4n) is 1.56. The molecule has 8 heteroatoms. The van der Waals surface area contributed by atoms with Crippen LogP contribution in [-0.4, -0.2) is 25.0 Å². The largest absolute Gasteiger partial charge is 0.344 e. The van der Waals surface area contributed by atoms with Gasteiger partial charge in [0, 0.05) is 6.04 Å². The summed E-state index contributed by atoms with van der Waals surface area (Å²) in [6, 6.07) is 0.0235. The first-order valence-corrected chi connectivity index (χ1v) is 6.95. The van der Waals surface area contributed by atoms with Crippen molar-refractivity contribution in [1.82, 2.24) is 25.0 Å². The van der Waals surface area contributed by atoms with E-state index in [9.17, 15) is 4.79 Å². The predicted molar refractivity (Wildman–Crippen MR) is 73.9 cm³/mol. The maximum absolute atomic E-state index is 11.7. The molecule has 0 radical (unpaired) electrons. The zero-order valence-electron chi connectivity index (χ0n) is 11.1. The van der Waals surface area contributed by atoms with Crippen LogP contribution < -0.4 is 5.69 Å². The molecule has 0 atom stereocenters. The minimum absolute atomic E-state index is 0.0235. The summed E-state index contributed by atoms with van der Waals surface area (Å²) >= 11 is 7.22. The van der Waals surface area contributed by atoms with Crippen LogP contribution in [-0.2, 0) is 0 Å². The normalized spacial score (nSPS) is 11.3. The van der Waals surface area contributed by atoms with Crippen molar-refractivity contribution in [3.8, 4) is 0 Å². The van der Waals surface area contributed by atoms with Gasteiger partial charge in [-0.15, -0.1) is 15.3 Å². The van der Waals surface area contributed by atoms with Crippen molar-refractivity contribution in [1.29, 1.82) is 0 Å². The first kappa shape index (κ1) is 14.1. The molecule has 0 aliphatic carbocycles. The molecule has 2 aromatic rings. The Labute approximate surface area is 119 Å². The lowest BCUT2D eigenvalue weighted by Gasteiger charge is -2.10. The summed E-state index contributed by atoms with van der Waals surface area (Å²) < 4.78 is 1.58. The minimum Gasteiger partial charge on any atom is -0.267 e. The van der Waals surface area contributed by atoms with Crippen LogP contribution in [0.1, 0.15) is 31.0 Å². The molecule has 2 rings (SSSR count). The highest BCUT2D eigenvalue weighted by molar-refractivity contribution is 7.99. The van der Waals surface area contributed by atoms with E-state index < -0.39 is 0 Å². The highest BCUT2D eigenvalue weighted by Gasteiger charge is 2.16. The van der Waals surface area contributed by atoms with Gasteiger partial charge in [0.25, 0.3) is 0 Å². The van der Waals surface area contributed by atoms with Crippen molar-refractivity contribution in [2.75, 3.05) is 0 Å². The standard InChI is InChI=1S/C11H14ClN5OS/c1-5(2)17-10(18)15-16-11(17)19-9-7(4)6(3)8(12)13-14-9/h5H,1-4H3,(H,15,18). The fourth-order valence-corrected chi connectivity index (χ4v) is 2.78. The molecule has 0 fully saturated rings. The molecule has 2 heterocycles. The molecular weight excluding hydrogens is 286 g/mol. The van der Waals surface area contributed by atoms with Gasteiger partial charge in [-0.3, -0.25) is 4.57 Å². The van der Waals surface area contributed by atoms with Crippen molar-refractivity contribution in [3.63, 3.8) is 0 Å². The van der Waals surface area contributed by atoms with Crippen LogP contribution in [0.2, 0.25) is 5.15 Å². The molecule has 0 spiro atoms. The number of nitrogens with one attached hydrogen (secondary N) is 1. The number of hydrogen-bond donors (Lipinski definition) is 1. The molecule has 102 valence electrons. The number of aromatic nitrogens is 5. The summed E-state index contributed by atoms with van der Waals surface area (Å²) in [5.74, 6) is 0. The Kier molecular flexibility index (Phi) is 3.96. The average molecular weight is 300 g/mol. The van der Waals surface area contributed by atoms with Crippen LogP contribution in [0.15, 0.2) is 15.0 Å². The van der Waals surface area contributed by atoms with Gasteiger partial charge in [0.1, 0.15) is 5.03 Å². The van der Waals surface area contributed by atoms with Crippen molar-refractivity contribution in [3.05, 3.63) is 26.8 Å². The quantitative estimate of drug-likeness (QED) is 0.941. The zero-order chi connectivity index (χ0) is 14.2. The summed E-state index contributed by atoms with van der Waals surface area (Å²) in [7, 11) is 0. The summed E-state index contributed by atoms with van der Waals surface area (Å²) in [5, 5.41) is 16.1. The first-order valence-electron chi connectivity index (χ1n) is 5.76. The Morgan fingerprint density at radius 1 is 1.26 bits per heavy atom. The number of aromatic amines is 1. The molecule has 1 N–H and O–H groups in total. The maximum Gasteiger partial charge on any atom is 0.344 e. The molecule has 0 aliphatic rings. The maximum atomic E-state index is 11.7. The molecule has 6 nitrogen and oxygen atoms in total. The molecule has 0 saturated heterocycles. The smallest absolute Gasteiger partial charge is 0.267 e. The van der Waals surface area contributed by atoms with E-state index in [1.807, 2.05) is 27.7 Å². The third-order valence-corrected chi connectivity index (χ3v) is 4.21. The van der Waals surface area contributed by atoms with E-state index in [1.54, 1.807) is 4.57 Å². The third-order valence-electron chi connectivity index (χ3n) is 2.80. The summed E-state index contributed by atoms with van der Waals surface area (Å²) in [6.45, 7) is 7.65. The van der Waals surface area contributed by atoms with Crippen LogP contribution in [0.3, 0.4) is 0 Å². The lowest BCUT2D eigenvalue weighted by Crippen LogP contribution is -2.19. The molecule has 0 unspecified atom stereocenters. The molecule has 0 amide bonds. The van der Waals surface area contributed by atoms with Gasteiger partial charge in [0.15, 0.2) is 10.3 Å². The Hall–Kier alpha value is -1.34. The number of hydrogen-bond acceptors (Lipinski definition) is 5. The van der Waals surface area contributed by atoms with E-state index >= 15 is 0 Å². The summed E-state index contributed by atoms with van der Waals surface area (Å²) in [4.78, 5) is 11.7. The van der Waals surface area contributed by atoms with Gasteiger partial charge < -0.3 is 0 Å². The Morgan fingerprint density at radius 3 is 2.58 bits per heavy atom. The molecule has 0 aromatic carbocycles. The van der Waals surface area contributed by atoms with E-state index in [1.165, 1.54) is 11.8 Å². The Morgan fingerprint density at radius 2 is 1.95 bits per heavy atom. The van der Waals surface area contributed by atoms with Crippen LogP contribution in [0, 0.1) is 13.8 Å². The molecule has 2 aromatic heterocycles. The molecule has 0 bridgehead atoms. The molecule has 19 heavy (non-hydrogen) atoms. The van der Waals surface area contributed by atoms with Crippen molar-refractivity contribution < 1.29 is 0 Å². The fraction of sp³-hybridized carbons (Fsp3) is 0.455. The van der Waals surface area contributed by atoms with E-state index in [0.717, 1.165) is 11.1 Å². The lowest BCUT2D eigenvalue weighted by atomic mass is 10.2. The van der Waals surface area contributed by atoms with Crippen LogP contribution in [0.5, 0.6) is 0 Å². The van der Waals surface area contributed by atoms with Crippen LogP contribution in [0.4, 0.5) is 0 Å². The van der Waals surface area contributed by atoms with Crippen molar-refractivity contribution >= 4 is 23.4 Å². The number of halogens is 1. The van der Waals surface area contributed by atoms with Crippen LogP contribution >= 0.6 is 23.4 Å². The Bertz CT molecular complexity index is 664. The number of nitrogens with zero attached hydrogens (tertiary/aromatic N) is 4. The monoisotopic (exact) mass is 299 g/mol. The van der Waals surface area contributed by atoms with Crippen LogP contribution in [0.25, 0.3) is 0 Å². The minimum atomic E-state index is -0.228. The SMILES string of the molecule is Cc1c(Cl)nnc(Sc2n[nH]c(=O)n2C(C)C)c1C. The Balaban J connectivity index is 2.43. The highest BCUT2D eigenvalue weighted by atomic mass is 35.5. The predicted octanol–water partition coefficient (Wildman–Crippen LogP) is 2.36. The molecular formula is C11H14ClN5OS. The van der Waals surface area contributed by atoms with Crippen molar-refractivity contribution in [2.45, 2.75) is 43.9 Å². The van der Waals surface area contributed by atoms with E-state index in [4.69, 9.17) is 11.6 Å². The van der Waals surface area contributed by atoms with Gasteiger partial charge in [0.05, 0.1) is 0 Å². The summed E-state index contributed by atoms with van der Waals surface area (Å²) in [5.41, 5.74) is 1.60. The second kappa shape index (κ2) is 5.34. The highest BCUT2D eigenvalue weighted by Crippen LogP contribution is 2.30. The van der Waals surface area contributed by atoms with Gasteiger partial charge in [0.2, 0.25) is 0 Å². The molecule has 0 saturated carbocycles. The van der Waals surface area contributed by atoms with E-state index in [0.29, 0.717) is 15.3 Å². The summed E-state index contributed by atoms with van der Waals surface area (Å²) in [6.07, 6.45) is 0. The zero-order valence-corrected chi connectivity index (χ0v) is 12.6. The van der Waals surface area contributed by atoms with Gasteiger partial charge >= 0.3 is 5.69 Å². The third kappa shape index (κ3) is 2.66. The van der Waals surface area contributed by atoms with Gasteiger partial charge in [-0.25, -0.2) is 9.89 Å². The number of H-pyrrole nitrogens is 1. The van der Waals surface area contributed by atoms with E-state index in [-0.39, 0.29) is 11.7 Å². The second-order valence-corrected chi connectivity index (χ2v) is 5.74. The van der Waals surface area contributed by atoms with E-state index in [2.05, 4.69) is 20.4 Å². The van der Waals surface area contributed by atoms with Gasteiger partial charge in [-0.05, 0) is 50.6 Å².